The topological polar surface area (TPSA) is 43.1 Å². The summed E-state index contributed by atoms with van der Waals surface area (Å²) in [6, 6.07) is 7.62. The van der Waals surface area contributed by atoms with Crippen LogP contribution in [-0.2, 0) is 11.2 Å². The summed E-state index contributed by atoms with van der Waals surface area (Å²) in [5, 5.41) is 3.25. The molecule has 1 atom stereocenters. The molecule has 2 rings (SSSR count). The summed E-state index contributed by atoms with van der Waals surface area (Å²) in [6.07, 6.45) is 2.38. The summed E-state index contributed by atoms with van der Waals surface area (Å²) in [4.78, 5) is 10.3. The zero-order chi connectivity index (χ0) is 9.97. The summed E-state index contributed by atoms with van der Waals surface area (Å²) in [5.74, 6) is 0. The van der Waals surface area contributed by atoms with Gasteiger partial charge in [-0.15, -0.1) is 11.3 Å². The summed E-state index contributed by atoms with van der Waals surface area (Å²) in [6.45, 7) is 0. The van der Waals surface area contributed by atoms with Crippen LogP contribution in [0.3, 0.4) is 0 Å². The number of nitrogens with two attached hydrogens (primary N) is 1. The molecule has 14 heavy (non-hydrogen) atoms. The zero-order valence-electron chi connectivity index (χ0n) is 7.57. The van der Waals surface area contributed by atoms with Crippen LogP contribution in [0.1, 0.15) is 5.56 Å². The Labute approximate surface area is 86.3 Å². The van der Waals surface area contributed by atoms with Crippen LogP contribution >= 0.6 is 11.3 Å². The maximum Gasteiger partial charge on any atom is 0.217 e. The molecule has 0 aliphatic rings. The van der Waals surface area contributed by atoms with Crippen LogP contribution < -0.4 is 5.73 Å². The van der Waals surface area contributed by atoms with Crippen LogP contribution in [0.4, 0.5) is 0 Å². The largest absolute Gasteiger partial charge is 0.321 e. The Hall–Kier alpha value is -1.19. The van der Waals surface area contributed by atoms with E-state index in [0.717, 1.165) is 5.56 Å². The molecule has 0 amide bonds. The second-order valence-electron chi connectivity index (χ2n) is 3.19. The van der Waals surface area contributed by atoms with Crippen molar-refractivity contribution in [2.75, 3.05) is 0 Å². The summed E-state index contributed by atoms with van der Waals surface area (Å²) < 4.78 is 1.24. The van der Waals surface area contributed by atoms with Gasteiger partial charge in [0.15, 0.2) is 0 Å². The summed E-state index contributed by atoms with van der Waals surface area (Å²) in [5.41, 5.74) is 6.68. The summed E-state index contributed by atoms with van der Waals surface area (Å²) >= 11 is 1.68. The van der Waals surface area contributed by atoms with Crippen molar-refractivity contribution < 1.29 is 4.79 Å². The van der Waals surface area contributed by atoms with E-state index in [1.54, 1.807) is 17.6 Å². The van der Waals surface area contributed by atoms with Crippen molar-refractivity contribution in [2.45, 2.75) is 12.5 Å². The Kier molecular flexibility index (Phi) is 2.61. The third kappa shape index (κ3) is 1.69. The third-order valence-corrected chi connectivity index (χ3v) is 3.16. The number of hydrogen-bond donors (Lipinski definition) is 1. The van der Waals surface area contributed by atoms with Gasteiger partial charge in [-0.3, -0.25) is 4.79 Å². The van der Waals surface area contributed by atoms with Crippen molar-refractivity contribution in [2.24, 2.45) is 5.73 Å². The molecule has 2 N–H and O–H groups in total. The van der Waals surface area contributed by atoms with Crippen LogP contribution in [0.15, 0.2) is 29.6 Å². The predicted octanol–water partition coefficient (Wildman–Crippen LogP) is 1.88. The van der Waals surface area contributed by atoms with E-state index in [9.17, 15) is 4.79 Å². The minimum atomic E-state index is -0.506. The Balaban J connectivity index is 2.38. The molecular weight excluding hydrogens is 194 g/mol. The molecule has 1 radical (unpaired) electrons. The quantitative estimate of drug-likeness (QED) is 0.829. The van der Waals surface area contributed by atoms with Gasteiger partial charge in [-0.05, 0) is 28.8 Å². The first-order chi connectivity index (χ1) is 6.81. The lowest BCUT2D eigenvalue weighted by atomic mass is 10.1. The molecule has 0 saturated carbocycles. The lowest BCUT2D eigenvalue weighted by Gasteiger charge is -2.00. The van der Waals surface area contributed by atoms with Gasteiger partial charge in [-0.2, -0.15) is 0 Å². The first kappa shape index (κ1) is 9.37. The van der Waals surface area contributed by atoms with Gasteiger partial charge in [0, 0.05) is 4.70 Å². The number of hydrogen-bond acceptors (Lipinski definition) is 3. The van der Waals surface area contributed by atoms with Crippen LogP contribution in [0.2, 0.25) is 0 Å². The molecule has 0 saturated heterocycles. The molecule has 71 valence electrons. The fourth-order valence-corrected chi connectivity index (χ4v) is 2.45. The fourth-order valence-electron chi connectivity index (χ4n) is 1.47. The predicted molar refractivity (Wildman–Crippen MR) is 59.2 cm³/mol. The second kappa shape index (κ2) is 3.90. The van der Waals surface area contributed by atoms with Gasteiger partial charge >= 0.3 is 0 Å². The highest BCUT2D eigenvalue weighted by Crippen LogP contribution is 2.26. The molecular formula is C11H10NOS. The van der Waals surface area contributed by atoms with Crippen LogP contribution in [0, 0.1) is 0 Å². The van der Waals surface area contributed by atoms with Crippen LogP contribution in [-0.4, -0.2) is 12.3 Å². The molecule has 0 bridgehead atoms. The number of benzene rings is 1. The standard InChI is InChI=1S/C11H10NOS/c12-9(6-13)5-8-7-14-11-4-2-1-3-10(8)11/h1-4,7,9H,5,12H2/t9-/m0/s1. The smallest absolute Gasteiger partial charge is 0.217 e. The van der Waals surface area contributed by atoms with E-state index in [0.29, 0.717) is 6.42 Å². The van der Waals surface area contributed by atoms with Crippen molar-refractivity contribution in [3.05, 3.63) is 35.2 Å². The highest BCUT2D eigenvalue weighted by atomic mass is 32.1. The van der Waals surface area contributed by atoms with Crippen LogP contribution in [0.25, 0.3) is 10.1 Å². The number of fused-ring (bicyclic) bond motifs is 1. The molecule has 3 heteroatoms. The molecule has 0 aliphatic heterocycles. The molecule has 2 nitrogen and oxygen atoms in total. The summed E-state index contributed by atoms with van der Waals surface area (Å²) in [7, 11) is 0. The van der Waals surface area contributed by atoms with Crippen molar-refractivity contribution >= 4 is 27.7 Å². The Morgan fingerprint density at radius 2 is 2.21 bits per heavy atom. The highest BCUT2D eigenvalue weighted by Gasteiger charge is 2.07. The van der Waals surface area contributed by atoms with Gasteiger partial charge in [0.05, 0.1) is 6.04 Å². The maximum absolute atomic E-state index is 10.3. The third-order valence-electron chi connectivity index (χ3n) is 2.15. The van der Waals surface area contributed by atoms with Gasteiger partial charge in [-0.1, -0.05) is 18.2 Å². The van der Waals surface area contributed by atoms with Gasteiger partial charge in [-0.25, -0.2) is 0 Å². The maximum atomic E-state index is 10.3. The number of thiophene rings is 1. The van der Waals surface area contributed by atoms with E-state index in [2.05, 4.69) is 17.5 Å². The number of carbonyl (C=O) groups excluding carboxylic acids is 1. The Morgan fingerprint density at radius 3 is 3.00 bits per heavy atom. The van der Waals surface area contributed by atoms with Crippen molar-refractivity contribution in [3.63, 3.8) is 0 Å². The minimum absolute atomic E-state index is 0.506. The van der Waals surface area contributed by atoms with E-state index >= 15 is 0 Å². The SMILES string of the molecule is N[C@H]([C]=O)Cc1csc2ccccc12. The van der Waals surface area contributed by atoms with Crippen molar-refractivity contribution in [1.82, 2.24) is 0 Å². The first-order valence-corrected chi connectivity index (χ1v) is 5.27. The molecule has 0 spiro atoms. The minimum Gasteiger partial charge on any atom is -0.321 e. The number of rotatable bonds is 3. The Bertz CT molecular complexity index is 449. The highest BCUT2D eigenvalue weighted by molar-refractivity contribution is 7.17. The molecule has 1 heterocycles. The second-order valence-corrected chi connectivity index (χ2v) is 4.10. The molecule has 0 unspecified atom stereocenters. The van der Waals surface area contributed by atoms with Crippen molar-refractivity contribution in [1.29, 1.82) is 0 Å². The average Bonchev–Trinajstić information content (AvgIpc) is 2.62. The lowest BCUT2D eigenvalue weighted by molar-refractivity contribution is 0.541. The van der Waals surface area contributed by atoms with Gasteiger partial charge in [0.2, 0.25) is 6.29 Å². The van der Waals surface area contributed by atoms with E-state index in [4.69, 9.17) is 5.73 Å². The van der Waals surface area contributed by atoms with Gasteiger partial charge in [0.1, 0.15) is 0 Å². The van der Waals surface area contributed by atoms with E-state index in [1.807, 2.05) is 12.1 Å². The van der Waals surface area contributed by atoms with E-state index in [1.165, 1.54) is 10.1 Å². The molecule has 1 aromatic heterocycles. The molecule has 2 aromatic rings. The van der Waals surface area contributed by atoms with Crippen molar-refractivity contribution in [3.8, 4) is 0 Å². The lowest BCUT2D eigenvalue weighted by Crippen LogP contribution is -2.23. The molecule has 0 aliphatic carbocycles. The van der Waals surface area contributed by atoms with E-state index in [-0.39, 0.29) is 0 Å². The fraction of sp³-hybridized carbons (Fsp3) is 0.182. The average molecular weight is 204 g/mol. The zero-order valence-corrected chi connectivity index (χ0v) is 8.38. The monoisotopic (exact) mass is 204 g/mol. The molecule has 0 fully saturated rings. The molecule has 1 aromatic carbocycles. The normalized spacial score (nSPS) is 12.9. The Morgan fingerprint density at radius 1 is 1.43 bits per heavy atom. The van der Waals surface area contributed by atoms with Crippen LogP contribution in [0.5, 0.6) is 0 Å². The van der Waals surface area contributed by atoms with Gasteiger partial charge in [0.25, 0.3) is 0 Å². The van der Waals surface area contributed by atoms with Gasteiger partial charge < -0.3 is 5.73 Å². The first-order valence-electron chi connectivity index (χ1n) is 4.39. The van der Waals surface area contributed by atoms with E-state index < -0.39 is 6.04 Å².